The fraction of sp³-hybridized carbons (Fsp3) is 0.389. The third-order valence-electron chi connectivity index (χ3n) is 4.14. The van der Waals surface area contributed by atoms with Crippen LogP contribution in [-0.4, -0.2) is 48.7 Å². The van der Waals surface area contributed by atoms with Gasteiger partial charge < -0.3 is 9.64 Å². The number of anilines is 1. The Kier molecular flexibility index (Phi) is 4.92. The van der Waals surface area contributed by atoms with Gasteiger partial charge in [0.15, 0.2) is 0 Å². The standard InChI is InChI=1S/C18H21N5O/c1-22(2)18-16-12-23(8-7-17(16)20-13-21-18)9-10-24-15-5-3-14(11-19)4-6-15/h3-6,13H,7-10,12H2,1-2H3. The predicted octanol–water partition coefficient (Wildman–Crippen LogP) is 1.85. The molecule has 0 N–H and O–H groups in total. The van der Waals surface area contributed by atoms with Crippen molar-refractivity contribution >= 4 is 5.82 Å². The minimum Gasteiger partial charge on any atom is -0.492 e. The molecule has 2 heterocycles. The Bertz CT molecular complexity index is 736. The van der Waals surface area contributed by atoms with E-state index in [4.69, 9.17) is 10.00 Å². The zero-order valence-electron chi connectivity index (χ0n) is 14.1. The van der Waals surface area contributed by atoms with E-state index < -0.39 is 0 Å². The molecular formula is C18H21N5O. The number of nitrogens with zero attached hydrogens (tertiary/aromatic N) is 5. The molecule has 0 saturated carbocycles. The van der Waals surface area contributed by atoms with Crippen LogP contribution in [-0.2, 0) is 13.0 Å². The molecule has 6 heteroatoms. The molecule has 0 bridgehead atoms. The average Bonchev–Trinajstić information content (AvgIpc) is 2.61. The summed E-state index contributed by atoms with van der Waals surface area (Å²) in [5.41, 5.74) is 3.01. The van der Waals surface area contributed by atoms with Gasteiger partial charge in [0.25, 0.3) is 0 Å². The van der Waals surface area contributed by atoms with Crippen molar-refractivity contribution in [3.05, 3.63) is 47.4 Å². The lowest BCUT2D eigenvalue weighted by Crippen LogP contribution is -2.35. The van der Waals surface area contributed by atoms with Gasteiger partial charge in [-0.2, -0.15) is 5.26 Å². The maximum absolute atomic E-state index is 8.81. The van der Waals surface area contributed by atoms with Crippen LogP contribution in [0.5, 0.6) is 5.75 Å². The molecule has 1 aromatic carbocycles. The predicted molar refractivity (Wildman–Crippen MR) is 92.0 cm³/mol. The van der Waals surface area contributed by atoms with Gasteiger partial charge in [0, 0.05) is 45.7 Å². The van der Waals surface area contributed by atoms with E-state index in [1.54, 1.807) is 18.5 Å². The summed E-state index contributed by atoms with van der Waals surface area (Å²) in [4.78, 5) is 13.2. The van der Waals surface area contributed by atoms with Gasteiger partial charge in [0.1, 0.15) is 24.5 Å². The van der Waals surface area contributed by atoms with E-state index in [9.17, 15) is 0 Å². The highest BCUT2D eigenvalue weighted by Crippen LogP contribution is 2.24. The normalized spacial score (nSPS) is 13.9. The van der Waals surface area contributed by atoms with Crippen LogP contribution in [0.1, 0.15) is 16.8 Å². The Labute approximate surface area is 142 Å². The molecule has 124 valence electrons. The van der Waals surface area contributed by atoms with E-state index in [1.807, 2.05) is 31.1 Å². The summed E-state index contributed by atoms with van der Waals surface area (Å²) in [6.07, 6.45) is 2.59. The van der Waals surface area contributed by atoms with Gasteiger partial charge in [-0.25, -0.2) is 9.97 Å². The Balaban J connectivity index is 1.57. The first-order valence-corrected chi connectivity index (χ1v) is 8.03. The number of hydrogen-bond acceptors (Lipinski definition) is 6. The number of benzene rings is 1. The molecule has 0 radical (unpaired) electrons. The fourth-order valence-corrected chi connectivity index (χ4v) is 2.88. The van der Waals surface area contributed by atoms with Crippen LogP contribution in [0.4, 0.5) is 5.82 Å². The van der Waals surface area contributed by atoms with Gasteiger partial charge in [-0.15, -0.1) is 0 Å². The van der Waals surface area contributed by atoms with E-state index >= 15 is 0 Å². The molecule has 6 nitrogen and oxygen atoms in total. The minimum absolute atomic E-state index is 0.617. The van der Waals surface area contributed by atoms with E-state index in [-0.39, 0.29) is 0 Å². The van der Waals surface area contributed by atoms with Crippen LogP contribution < -0.4 is 9.64 Å². The molecule has 24 heavy (non-hydrogen) atoms. The lowest BCUT2D eigenvalue weighted by molar-refractivity contribution is 0.195. The van der Waals surface area contributed by atoms with Gasteiger partial charge >= 0.3 is 0 Å². The van der Waals surface area contributed by atoms with E-state index in [2.05, 4.69) is 20.9 Å². The molecule has 1 aromatic heterocycles. The van der Waals surface area contributed by atoms with Gasteiger partial charge in [-0.1, -0.05) is 0 Å². The Morgan fingerprint density at radius 3 is 2.75 bits per heavy atom. The minimum atomic E-state index is 0.617. The number of fused-ring (bicyclic) bond motifs is 1. The Morgan fingerprint density at radius 1 is 1.25 bits per heavy atom. The quantitative estimate of drug-likeness (QED) is 0.837. The summed E-state index contributed by atoms with van der Waals surface area (Å²) in [7, 11) is 4.02. The zero-order valence-corrected chi connectivity index (χ0v) is 14.1. The first kappa shape index (κ1) is 16.2. The van der Waals surface area contributed by atoms with Gasteiger partial charge in [-0.05, 0) is 24.3 Å². The van der Waals surface area contributed by atoms with Crippen LogP contribution in [0.2, 0.25) is 0 Å². The number of ether oxygens (including phenoxy) is 1. The highest BCUT2D eigenvalue weighted by Gasteiger charge is 2.21. The van der Waals surface area contributed by atoms with Crippen molar-refractivity contribution in [2.45, 2.75) is 13.0 Å². The van der Waals surface area contributed by atoms with Crippen molar-refractivity contribution in [3.63, 3.8) is 0 Å². The monoisotopic (exact) mass is 323 g/mol. The number of hydrogen-bond donors (Lipinski definition) is 0. The zero-order chi connectivity index (χ0) is 16.9. The summed E-state index contributed by atoms with van der Waals surface area (Å²) >= 11 is 0. The molecule has 0 aliphatic carbocycles. The molecule has 0 spiro atoms. The lowest BCUT2D eigenvalue weighted by Gasteiger charge is -2.30. The van der Waals surface area contributed by atoms with E-state index in [0.717, 1.165) is 43.3 Å². The lowest BCUT2D eigenvalue weighted by atomic mass is 10.1. The molecule has 0 unspecified atom stereocenters. The number of aromatic nitrogens is 2. The third kappa shape index (κ3) is 3.63. The largest absolute Gasteiger partial charge is 0.492 e. The molecule has 0 atom stereocenters. The van der Waals surface area contributed by atoms with Gasteiger partial charge in [0.05, 0.1) is 17.3 Å². The van der Waals surface area contributed by atoms with Crippen LogP contribution in [0, 0.1) is 11.3 Å². The van der Waals surface area contributed by atoms with Crippen LogP contribution in [0.15, 0.2) is 30.6 Å². The number of nitriles is 1. The van der Waals surface area contributed by atoms with Crippen LogP contribution in [0.25, 0.3) is 0 Å². The summed E-state index contributed by atoms with van der Waals surface area (Å²) in [5, 5.41) is 8.81. The molecule has 1 aliphatic rings. The van der Waals surface area contributed by atoms with Crippen molar-refractivity contribution in [1.82, 2.24) is 14.9 Å². The number of rotatable bonds is 5. The van der Waals surface area contributed by atoms with Crippen LogP contribution >= 0.6 is 0 Å². The maximum Gasteiger partial charge on any atom is 0.136 e. The highest BCUT2D eigenvalue weighted by atomic mass is 16.5. The van der Waals surface area contributed by atoms with Crippen molar-refractivity contribution < 1.29 is 4.74 Å². The second kappa shape index (κ2) is 7.28. The first-order valence-electron chi connectivity index (χ1n) is 8.03. The molecule has 1 aliphatic heterocycles. The van der Waals surface area contributed by atoms with Crippen molar-refractivity contribution in [1.29, 1.82) is 5.26 Å². The van der Waals surface area contributed by atoms with Gasteiger partial charge in [0.2, 0.25) is 0 Å². The highest BCUT2D eigenvalue weighted by molar-refractivity contribution is 5.48. The Morgan fingerprint density at radius 2 is 2.04 bits per heavy atom. The van der Waals surface area contributed by atoms with Crippen LogP contribution in [0.3, 0.4) is 0 Å². The molecule has 0 fully saturated rings. The average molecular weight is 323 g/mol. The Hall–Kier alpha value is -2.65. The van der Waals surface area contributed by atoms with E-state index in [0.29, 0.717) is 12.2 Å². The SMILES string of the molecule is CN(C)c1ncnc2c1CN(CCOc1ccc(C#N)cc1)CC2. The molecule has 0 amide bonds. The summed E-state index contributed by atoms with van der Waals surface area (Å²) in [6.45, 7) is 3.29. The summed E-state index contributed by atoms with van der Waals surface area (Å²) in [6, 6.07) is 9.32. The molecule has 3 rings (SSSR count). The maximum atomic E-state index is 8.81. The summed E-state index contributed by atoms with van der Waals surface area (Å²) in [5.74, 6) is 1.79. The smallest absolute Gasteiger partial charge is 0.136 e. The molecule has 2 aromatic rings. The third-order valence-corrected chi connectivity index (χ3v) is 4.14. The molecule has 0 saturated heterocycles. The van der Waals surface area contributed by atoms with Crippen molar-refractivity contribution in [2.75, 3.05) is 38.7 Å². The van der Waals surface area contributed by atoms with E-state index in [1.165, 1.54) is 5.56 Å². The fourth-order valence-electron chi connectivity index (χ4n) is 2.88. The topological polar surface area (TPSA) is 65.3 Å². The second-order valence-electron chi connectivity index (χ2n) is 6.03. The summed E-state index contributed by atoms with van der Waals surface area (Å²) < 4.78 is 5.78. The van der Waals surface area contributed by atoms with Crippen molar-refractivity contribution in [3.8, 4) is 11.8 Å². The van der Waals surface area contributed by atoms with Crippen molar-refractivity contribution in [2.24, 2.45) is 0 Å². The molecular weight excluding hydrogens is 302 g/mol. The first-order chi connectivity index (χ1) is 11.7. The van der Waals surface area contributed by atoms with Gasteiger partial charge in [-0.3, -0.25) is 4.90 Å². The second-order valence-corrected chi connectivity index (χ2v) is 6.03.